The highest BCUT2D eigenvalue weighted by Crippen LogP contribution is 2.44. The molecular weight excluding hydrogens is 294 g/mol. The molecule has 0 bridgehead atoms. The molecule has 2 aliphatic heterocycles. The van der Waals surface area contributed by atoms with Crippen LogP contribution in [0.2, 0.25) is 0 Å². The summed E-state index contributed by atoms with van der Waals surface area (Å²) in [6.07, 6.45) is 0.657. The van der Waals surface area contributed by atoms with Gasteiger partial charge in [-0.2, -0.15) is 0 Å². The van der Waals surface area contributed by atoms with Crippen LogP contribution in [0.4, 0.5) is 5.69 Å². The van der Waals surface area contributed by atoms with E-state index in [-0.39, 0.29) is 5.75 Å². The number of morpholine rings is 1. The molecule has 5 heteroatoms. The molecule has 5 nitrogen and oxygen atoms in total. The summed E-state index contributed by atoms with van der Waals surface area (Å²) in [5.41, 5.74) is 2.85. The van der Waals surface area contributed by atoms with Crippen LogP contribution in [0.15, 0.2) is 30.3 Å². The predicted octanol–water partition coefficient (Wildman–Crippen LogP) is 2.93. The summed E-state index contributed by atoms with van der Waals surface area (Å²) in [6.45, 7) is 3.06. The van der Waals surface area contributed by atoms with Crippen molar-refractivity contribution in [2.75, 3.05) is 38.3 Å². The van der Waals surface area contributed by atoms with Crippen molar-refractivity contribution in [3.8, 4) is 23.0 Å². The fourth-order valence-corrected chi connectivity index (χ4v) is 3.10. The molecule has 0 spiro atoms. The number of nitrogens with zero attached hydrogens (tertiary/aromatic N) is 1. The van der Waals surface area contributed by atoms with Crippen molar-refractivity contribution in [2.45, 2.75) is 6.42 Å². The topological polar surface area (TPSA) is 51.2 Å². The molecule has 0 atom stereocenters. The second kappa shape index (κ2) is 5.66. The Hall–Kier alpha value is -2.40. The van der Waals surface area contributed by atoms with Gasteiger partial charge in [0.1, 0.15) is 23.0 Å². The highest BCUT2D eigenvalue weighted by molar-refractivity contribution is 5.64. The molecule has 23 heavy (non-hydrogen) atoms. The predicted molar refractivity (Wildman–Crippen MR) is 87.0 cm³/mol. The van der Waals surface area contributed by atoms with Crippen LogP contribution >= 0.6 is 0 Å². The first-order valence-corrected chi connectivity index (χ1v) is 7.78. The zero-order chi connectivity index (χ0) is 15.8. The molecule has 2 aromatic carbocycles. The number of anilines is 1. The van der Waals surface area contributed by atoms with Gasteiger partial charge in [0.2, 0.25) is 0 Å². The minimum absolute atomic E-state index is 0.283. The van der Waals surface area contributed by atoms with Gasteiger partial charge in [-0.3, -0.25) is 0 Å². The fourth-order valence-electron chi connectivity index (χ4n) is 3.10. The van der Waals surface area contributed by atoms with E-state index < -0.39 is 0 Å². The van der Waals surface area contributed by atoms with Crippen LogP contribution < -0.4 is 14.4 Å². The normalized spacial score (nSPS) is 16.3. The molecule has 2 aromatic rings. The third kappa shape index (κ3) is 2.57. The third-order valence-electron chi connectivity index (χ3n) is 4.41. The van der Waals surface area contributed by atoms with E-state index in [2.05, 4.69) is 4.90 Å². The van der Waals surface area contributed by atoms with Crippen LogP contribution in [0.3, 0.4) is 0 Å². The summed E-state index contributed by atoms with van der Waals surface area (Å²) in [6, 6.07) is 9.60. The van der Waals surface area contributed by atoms with Crippen LogP contribution in [0.1, 0.15) is 11.1 Å². The Morgan fingerprint density at radius 2 is 1.91 bits per heavy atom. The largest absolute Gasteiger partial charge is 0.507 e. The zero-order valence-corrected chi connectivity index (χ0v) is 13.0. The van der Waals surface area contributed by atoms with Gasteiger partial charge in [0.15, 0.2) is 0 Å². The minimum atomic E-state index is 0.283. The first-order chi connectivity index (χ1) is 11.2. The quantitative estimate of drug-likeness (QED) is 0.788. The lowest BCUT2D eigenvalue weighted by Gasteiger charge is -2.30. The zero-order valence-electron chi connectivity index (χ0n) is 13.0. The SMILES string of the molecule is COc1ccc2c(c1)Oc1cc(N3CCOCC3)cc(O)c1C2. The maximum atomic E-state index is 10.4. The standard InChI is InChI=1S/C18H19NO4/c1-21-14-3-2-12-8-15-16(20)9-13(19-4-6-22-7-5-19)10-18(15)23-17(12)11-14/h2-3,9-11,20H,4-8H2,1H3. The van der Waals surface area contributed by atoms with Crippen molar-refractivity contribution in [3.63, 3.8) is 0 Å². The number of fused-ring (bicyclic) bond motifs is 2. The van der Waals surface area contributed by atoms with Gasteiger partial charge in [-0.25, -0.2) is 0 Å². The maximum absolute atomic E-state index is 10.4. The Labute approximate surface area is 135 Å². The summed E-state index contributed by atoms with van der Waals surface area (Å²) in [7, 11) is 1.64. The van der Waals surface area contributed by atoms with E-state index in [4.69, 9.17) is 14.2 Å². The number of aromatic hydroxyl groups is 1. The molecule has 2 aliphatic rings. The van der Waals surface area contributed by atoms with Crippen LogP contribution in [-0.4, -0.2) is 38.5 Å². The van der Waals surface area contributed by atoms with Crippen LogP contribution in [0.5, 0.6) is 23.0 Å². The van der Waals surface area contributed by atoms with Crippen molar-refractivity contribution in [2.24, 2.45) is 0 Å². The number of hydrogen-bond acceptors (Lipinski definition) is 5. The second-order valence-corrected chi connectivity index (χ2v) is 5.79. The Morgan fingerprint density at radius 3 is 2.70 bits per heavy atom. The first-order valence-electron chi connectivity index (χ1n) is 7.78. The molecule has 0 unspecified atom stereocenters. The van der Waals surface area contributed by atoms with Gasteiger partial charge >= 0.3 is 0 Å². The van der Waals surface area contributed by atoms with E-state index >= 15 is 0 Å². The van der Waals surface area contributed by atoms with Gasteiger partial charge in [-0.15, -0.1) is 0 Å². The Kier molecular flexibility index (Phi) is 3.50. The minimum Gasteiger partial charge on any atom is -0.507 e. The molecule has 4 rings (SSSR count). The molecule has 120 valence electrons. The summed E-state index contributed by atoms with van der Waals surface area (Å²) >= 11 is 0. The molecule has 0 radical (unpaired) electrons. The number of benzene rings is 2. The number of phenolic OH excluding ortho intramolecular Hbond substituents is 1. The second-order valence-electron chi connectivity index (χ2n) is 5.79. The Balaban J connectivity index is 1.70. The fraction of sp³-hybridized carbons (Fsp3) is 0.333. The third-order valence-corrected chi connectivity index (χ3v) is 4.41. The first kappa shape index (κ1) is 14.2. The van der Waals surface area contributed by atoms with Gasteiger partial charge in [0.25, 0.3) is 0 Å². The van der Waals surface area contributed by atoms with E-state index in [1.54, 1.807) is 7.11 Å². The summed E-state index contributed by atoms with van der Waals surface area (Å²) < 4.78 is 16.7. The van der Waals surface area contributed by atoms with E-state index in [0.29, 0.717) is 25.4 Å². The van der Waals surface area contributed by atoms with Crippen LogP contribution in [0.25, 0.3) is 0 Å². The molecular formula is C18H19NO4. The number of rotatable bonds is 2. The molecule has 0 saturated carbocycles. The lowest BCUT2D eigenvalue weighted by atomic mass is 9.98. The smallest absolute Gasteiger partial charge is 0.136 e. The molecule has 1 N–H and O–H groups in total. The maximum Gasteiger partial charge on any atom is 0.136 e. The lowest BCUT2D eigenvalue weighted by molar-refractivity contribution is 0.122. The van der Waals surface area contributed by atoms with E-state index in [0.717, 1.165) is 41.4 Å². The van der Waals surface area contributed by atoms with Crippen molar-refractivity contribution >= 4 is 5.69 Å². The molecule has 2 heterocycles. The average molecular weight is 313 g/mol. The summed E-state index contributed by atoms with van der Waals surface area (Å²) in [5.74, 6) is 2.55. The van der Waals surface area contributed by atoms with Crippen molar-refractivity contribution in [1.29, 1.82) is 0 Å². The van der Waals surface area contributed by atoms with Gasteiger partial charge < -0.3 is 24.2 Å². The average Bonchev–Trinajstić information content (AvgIpc) is 2.60. The van der Waals surface area contributed by atoms with Gasteiger partial charge in [0.05, 0.1) is 20.3 Å². The highest BCUT2D eigenvalue weighted by Gasteiger charge is 2.23. The van der Waals surface area contributed by atoms with Crippen molar-refractivity contribution in [1.82, 2.24) is 0 Å². The summed E-state index contributed by atoms with van der Waals surface area (Å²) in [5, 5.41) is 10.4. The molecule has 0 aliphatic carbocycles. The van der Waals surface area contributed by atoms with Gasteiger partial charge in [-0.1, -0.05) is 6.07 Å². The monoisotopic (exact) mass is 313 g/mol. The lowest BCUT2D eigenvalue weighted by Crippen LogP contribution is -2.36. The van der Waals surface area contributed by atoms with Crippen LogP contribution in [-0.2, 0) is 11.2 Å². The number of phenols is 1. The van der Waals surface area contributed by atoms with E-state index in [1.165, 1.54) is 0 Å². The van der Waals surface area contributed by atoms with E-state index in [1.807, 2.05) is 30.3 Å². The number of ether oxygens (including phenoxy) is 3. The summed E-state index contributed by atoms with van der Waals surface area (Å²) in [4.78, 5) is 2.20. The Morgan fingerprint density at radius 1 is 1.09 bits per heavy atom. The van der Waals surface area contributed by atoms with Gasteiger partial charge in [0, 0.05) is 49.0 Å². The van der Waals surface area contributed by atoms with Crippen molar-refractivity contribution < 1.29 is 19.3 Å². The molecule has 0 aromatic heterocycles. The molecule has 0 amide bonds. The highest BCUT2D eigenvalue weighted by atomic mass is 16.5. The van der Waals surface area contributed by atoms with E-state index in [9.17, 15) is 5.11 Å². The molecule has 1 saturated heterocycles. The number of methoxy groups -OCH3 is 1. The van der Waals surface area contributed by atoms with Crippen LogP contribution in [0, 0.1) is 0 Å². The molecule has 1 fully saturated rings. The van der Waals surface area contributed by atoms with Crippen molar-refractivity contribution in [3.05, 3.63) is 41.5 Å². The Bertz CT molecular complexity index is 738. The van der Waals surface area contributed by atoms with Gasteiger partial charge in [-0.05, 0) is 11.6 Å². The number of hydrogen-bond donors (Lipinski definition) is 1.